The molecule has 0 saturated carbocycles. The number of likely N-dealkylation sites (N-methyl/N-ethyl adjacent to an activating group) is 1. The SMILES string of the molecule is CN=C(NCC(C)c1ccc(C)cc1)NCC(c1cnn(C)c1)N(C)C.I. The summed E-state index contributed by atoms with van der Waals surface area (Å²) in [5.74, 6) is 1.23. The molecule has 6 nitrogen and oxygen atoms in total. The third kappa shape index (κ3) is 7.14. The van der Waals surface area contributed by atoms with Gasteiger partial charge in [-0.3, -0.25) is 9.67 Å². The average Bonchev–Trinajstić information content (AvgIpc) is 3.04. The molecule has 0 amide bonds. The van der Waals surface area contributed by atoms with E-state index >= 15 is 0 Å². The van der Waals surface area contributed by atoms with Crippen LogP contribution in [-0.2, 0) is 7.05 Å². The maximum absolute atomic E-state index is 4.35. The second kappa shape index (κ2) is 11.3. The van der Waals surface area contributed by atoms with E-state index in [1.807, 2.05) is 17.9 Å². The average molecular weight is 484 g/mol. The Bertz CT molecular complexity index is 708. The van der Waals surface area contributed by atoms with E-state index in [0.717, 1.165) is 19.0 Å². The number of halogens is 1. The van der Waals surface area contributed by atoms with Crippen LogP contribution in [0.4, 0.5) is 0 Å². The molecule has 0 spiro atoms. The molecule has 1 heterocycles. The van der Waals surface area contributed by atoms with E-state index in [-0.39, 0.29) is 30.0 Å². The minimum absolute atomic E-state index is 0. The highest BCUT2D eigenvalue weighted by molar-refractivity contribution is 14.0. The van der Waals surface area contributed by atoms with Crippen molar-refractivity contribution in [2.75, 3.05) is 34.2 Å². The Hall–Kier alpha value is -1.61. The topological polar surface area (TPSA) is 57.5 Å². The molecule has 0 radical (unpaired) electrons. The first kappa shape index (κ1) is 23.4. The number of benzene rings is 1. The highest BCUT2D eigenvalue weighted by Gasteiger charge is 2.16. The first-order valence-corrected chi connectivity index (χ1v) is 9.06. The van der Waals surface area contributed by atoms with Crippen LogP contribution in [0.25, 0.3) is 0 Å². The van der Waals surface area contributed by atoms with E-state index in [0.29, 0.717) is 5.92 Å². The lowest BCUT2D eigenvalue weighted by Gasteiger charge is -2.25. The predicted octanol–water partition coefficient (Wildman–Crippen LogP) is 2.92. The highest BCUT2D eigenvalue weighted by Crippen LogP contribution is 2.16. The van der Waals surface area contributed by atoms with E-state index in [1.165, 1.54) is 16.7 Å². The van der Waals surface area contributed by atoms with Gasteiger partial charge in [0.25, 0.3) is 0 Å². The molecule has 2 aromatic rings. The number of nitrogens with zero attached hydrogens (tertiary/aromatic N) is 4. The summed E-state index contributed by atoms with van der Waals surface area (Å²) in [6, 6.07) is 8.95. The Kier molecular flexibility index (Phi) is 9.79. The van der Waals surface area contributed by atoms with Crippen molar-refractivity contribution in [3.05, 3.63) is 53.3 Å². The Morgan fingerprint density at radius 1 is 1.15 bits per heavy atom. The Morgan fingerprint density at radius 3 is 2.30 bits per heavy atom. The molecular formula is C20H33IN6. The summed E-state index contributed by atoms with van der Waals surface area (Å²) >= 11 is 0. The van der Waals surface area contributed by atoms with E-state index < -0.39 is 0 Å². The van der Waals surface area contributed by atoms with Crippen LogP contribution in [0, 0.1) is 6.92 Å². The van der Waals surface area contributed by atoms with Gasteiger partial charge in [-0.2, -0.15) is 5.10 Å². The first-order valence-electron chi connectivity index (χ1n) is 9.06. The van der Waals surface area contributed by atoms with Crippen LogP contribution in [0.3, 0.4) is 0 Å². The molecule has 27 heavy (non-hydrogen) atoms. The van der Waals surface area contributed by atoms with Gasteiger partial charge >= 0.3 is 0 Å². The number of hydrogen-bond acceptors (Lipinski definition) is 3. The largest absolute Gasteiger partial charge is 0.356 e. The zero-order valence-corrected chi connectivity index (χ0v) is 19.6. The molecule has 2 N–H and O–H groups in total. The number of aliphatic imine (C=N–C) groups is 1. The van der Waals surface area contributed by atoms with Crippen LogP contribution in [0.2, 0.25) is 0 Å². The highest BCUT2D eigenvalue weighted by atomic mass is 127. The van der Waals surface area contributed by atoms with E-state index in [9.17, 15) is 0 Å². The van der Waals surface area contributed by atoms with Crippen molar-refractivity contribution < 1.29 is 0 Å². The molecule has 7 heteroatoms. The van der Waals surface area contributed by atoms with Gasteiger partial charge in [0.15, 0.2) is 5.96 Å². The smallest absolute Gasteiger partial charge is 0.191 e. The fourth-order valence-corrected chi connectivity index (χ4v) is 2.89. The third-order valence-corrected chi connectivity index (χ3v) is 4.64. The summed E-state index contributed by atoms with van der Waals surface area (Å²) in [6.45, 7) is 5.94. The van der Waals surface area contributed by atoms with Gasteiger partial charge in [-0.1, -0.05) is 36.8 Å². The van der Waals surface area contributed by atoms with E-state index in [1.54, 1.807) is 7.05 Å². The molecule has 0 bridgehead atoms. The molecular weight excluding hydrogens is 451 g/mol. The number of aromatic nitrogens is 2. The van der Waals surface area contributed by atoms with Gasteiger partial charge in [0.2, 0.25) is 0 Å². The van der Waals surface area contributed by atoms with Crippen LogP contribution < -0.4 is 10.6 Å². The molecule has 0 aliphatic carbocycles. The second-order valence-corrected chi connectivity index (χ2v) is 7.07. The first-order chi connectivity index (χ1) is 12.4. The van der Waals surface area contributed by atoms with Crippen LogP contribution in [-0.4, -0.2) is 54.9 Å². The second-order valence-electron chi connectivity index (χ2n) is 7.07. The minimum atomic E-state index is 0. The Balaban J connectivity index is 0.00000364. The van der Waals surface area contributed by atoms with Crippen molar-refractivity contribution in [3.63, 3.8) is 0 Å². The van der Waals surface area contributed by atoms with Crippen molar-refractivity contribution in [1.82, 2.24) is 25.3 Å². The lowest BCUT2D eigenvalue weighted by Crippen LogP contribution is -2.42. The van der Waals surface area contributed by atoms with Gasteiger partial charge in [-0.05, 0) is 32.5 Å². The molecule has 0 saturated heterocycles. The van der Waals surface area contributed by atoms with Crippen molar-refractivity contribution in [2.24, 2.45) is 12.0 Å². The maximum atomic E-state index is 4.35. The number of guanidine groups is 1. The van der Waals surface area contributed by atoms with Crippen LogP contribution in [0.15, 0.2) is 41.7 Å². The summed E-state index contributed by atoms with van der Waals surface area (Å²) in [5.41, 5.74) is 3.81. The monoisotopic (exact) mass is 484 g/mol. The van der Waals surface area contributed by atoms with Gasteiger partial charge < -0.3 is 15.5 Å². The van der Waals surface area contributed by atoms with Gasteiger partial charge in [0.1, 0.15) is 0 Å². The molecule has 1 aromatic carbocycles. The summed E-state index contributed by atoms with van der Waals surface area (Å²) in [7, 11) is 7.90. The summed E-state index contributed by atoms with van der Waals surface area (Å²) < 4.78 is 1.84. The molecule has 1 aromatic heterocycles. The van der Waals surface area contributed by atoms with E-state index in [4.69, 9.17) is 0 Å². The normalized spacial score (nSPS) is 13.8. The van der Waals surface area contributed by atoms with Gasteiger partial charge in [-0.25, -0.2) is 0 Å². The lowest BCUT2D eigenvalue weighted by molar-refractivity contribution is 0.298. The summed E-state index contributed by atoms with van der Waals surface area (Å²) in [6.07, 6.45) is 3.98. The molecule has 0 fully saturated rings. The zero-order valence-electron chi connectivity index (χ0n) is 17.2. The maximum Gasteiger partial charge on any atom is 0.191 e. The number of nitrogens with one attached hydrogen (secondary N) is 2. The number of aryl methyl sites for hydroxylation is 2. The molecule has 0 aliphatic heterocycles. The third-order valence-electron chi connectivity index (χ3n) is 4.64. The molecule has 2 unspecified atom stereocenters. The van der Waals surface area contributed by atoms with Gasteiger partial charge in [0, 0.05) is 38.9 Å². The fraction of sp³-hybridized carbons (Fsp3) is 0.500. The van der Waals surface area contributed by atoms with Crippen LogP contribution in [0.1, 0.15) is 35.6 Å². The van der Waals surface area contributed by atoms with Crippen molar-refractivity contribution in [3.8, 4) is 0 Å². The lowest BCUT2D eigenvalue weighted by atomic mass is 10.0. The van der Waals surface area contributed by atoms with E-state index in [2.05, 4.69) is 84.0 Å². The van der Waals surface area contributed by atoms with Crippen molar-refractivity contribution >= 4 is 29.9 Å². The standard InChI is InChI=1S/C20H32N6.HI/c1-15-7-9-17(10-8-15)16(2)11-22-20(21-3)23-13-19(25(4)5)18-12-24-26(6)14-18;/h7-10,12,14,16,19H,11,13H2,1-6H3,(H2,21,22,23);1H. The number of hydrogen-bond donors (Lipinski definition) is 2. The minimum Gasteiger partial charge on any atom is -0.356 e. The number of rotatable bonds is 7. The predicted molar refractivity (Wildman–Crippen MR) is 124 cm³/mol. The van der Waals surface area contributed by atoms with Gasteiger partial charge in [-0.15, -0.1) is 24.0 Å². The van der Waals surface area contributed by atoms with Crippen LogP contribution in [0.5, 0.6) is 0 Å². The fourth-order valence-electron chi connectivity index (χ4n) is 2.89. The molecule has 150 valence electrons. The molecule has 2 rings (SSSR count). The Morgan fingerprint density at radius 2 is 1.78 bits per heavy atom. The summed E-state index contributed by atoms with van der Waals surface area (Å²) in [4.78, 5) is 6.54. The van der Waals surface area contributed by atoms with Crippen molar-refractivity contribution in [2.45, 2.75) is 25.8 Å². The van der Waals surface area contributed by atoms with Crippen molar-refractivity contribution in [1.29, 1.82) is 0 Å². The Labute approximate surface area is 180 Å². The summed E-state index contributed by atoms with van der Waals surface area (Å²) in [5, 5.41) is 11.2. The van der Waals surface area contributed by atoms with Gasteiger partial charge in [0.05, 0.1) is 12.2 Å². The molecule has 0 aliphatic rings. The quantitative estimate of drug-likeness (QED) is 0.361. The molecule has 2 atom stereocenters. The van der Waals surface area contributed by atoms with Crippen LogP contribution >= 0.6 is 24.0 Å². The zero-order chi connectivity index (χ0) is 19.1.